The average molecular weight is 349 g/mol. The van der Waals surface area contributed by atoms with Gasteiger partial charge in [-0.1, -0.05) is 13.0 Å². The lowest BCUT2D eigenvalue weighted by Gasteiger charge is -2.41. The van der Waals surface area contributed by atoms with E-state index in [-0.39, 0.29) is 6.10 Å². The molecule has 2 unspecified atom stereocenters. The van der Waals surface area contributed by atoms with Gasteiger partial charge in [-0.25, -0.2) is 0 Å². The SMILES string of the molecule is CCC1C[C@@H](Oc2ccc(-c3ccc4[nH]ccc4c3)nc2)CC(C)N1C. The molecule has 0 aliphatic carbocycles. The minimum atomic E-state index is 0.273. The Bertz CT molecular complexity index is 870. The van der Waals surface area contributed by atoms with Gasteiger partial charge in [-0.05, 0) is 63.6 Å². The number of nitrogens with zero attached hydrogens (tertiary/aromatic N) is 2. The number of H-pyrrole nitrogens is 1. The molecule has 0 saturated carbocycles. The second-order valence-electron chi connectivity index (χ2n) is 7.45. The van der Waals surface area contributed by atoms with E-state index in [9.17, 15) is 0 Å². The molecule has 4 rings (SSSR count). The summed E-state index contributed by atoms with van der Waals surface area (Å²) in [6.07, 6.45) is 7.42. The van der Waals surface area contributed by atoms with Gasteiger partial charge in [-0.2, -0.15) is 0 Å². The van der Waals surface area contributed by atoms with Crippen LogP contribution in [0.3, 0.4) is 0 Å². The maximum absolute atomic E-state index is 6.26. The fourth-order valence-electron chi connectivity index (χ4n) is 4.05. The van der Waals surface area contributed by atoms with E-state index in [4.69, 9.17) is 4.74 Å². The lowest BCUT2D eigenvalue weighted by atomic mass is 9.93. The van der Waals surface area contributed by atoms with Gasteiger partial charge in [0.05, 0.1) is 11.9 Å². The van der Waals surface area contributed by atoms with Gasteiger partial charge in [0, 0.05) is 34.7 Å². The molecule has 0 spiro atoms. The number of likely N-dealkylation sites (tertiary alicyclic amines) is 1. The Hall–Kier alpha value is -2.33. The van der Waals surface area contributed by atoms with Gasteiger partial charge >= 0.3 is 0 Å². The van der Waals surface area contributed by atoms with Crippen molar-refractivity contribution in [1.82, 2.24) is 14.9 Å². The first-order valence-corrected chi connectivity index (χ1v) is 9.56. The summed E-state index contributed by atoms with van der Waals surface area (Å²) in [6, 6.07) is 13.7. The molecular formula is C22H27N3O. The van der Waals surface area contributed by atoms with E-state index in [0.717, 1.165) is 35.4 Å². The summed E-state index contributed by atoms with van der Waals surface area (Å²) < 4.78 is 6.26. The maximum atomic E-state index is 6.26. The molecule has 1 aromatic carbocycles. The summed E-state index contributed by atoms with van der Waals surface area (Å²) >= 11 is 0. The molecule has 1 N–H and O–H groups in total. The van der Waals surface area contributed by atoms with Crippen molar-refractivity contribution in [2.75, 3.05) is 7.05 Å². The number of ether oxygens (including phenoxy) is 1. The van der Waals surface area contributed by atoms with Crippen LogP contribution < -0.4 is 4.74 Å². The van der Waals surface area contributed by atoms with Gasteiger partial charge in [-0.15, -0.1) is 0 Å². The number of nitrogens with one attached hydrogen (secondary N) is 1. The van der Waals surface area contributed by atoms with Gasteiger partial charge in [0.2, 0.25) is 0 Å². The Morgan fingerprint density at radius 2 is 2.08 bits per heavy atom. The summed E-state index contributed by atoms with van der Waals surface area (Å²) in [5.41, 5.74) is 3.25. The van der Waals surface area contributed by atoms with Crippen LogP contribution in [-0.2, 0) is 0 Å². The largest absolute Gasteiger partial charge is 0.489 e. The summed E-state index contributed by atoms with van der Waals surface area (Å²) in [6.45, 7) is 4.55. The third-order valence-electron chi connectivity index (χ3n) is 5.77. The molecule has 1 fully saturated rings. The lowest BCUT2D eigenvalue weighted by Crippen LogP contribution is -2.48. The number of hydrogen-bond acceptors (Lipinski definition) is 3. The van der Waals surface area contributed by atoms with E-state index >= 15 is 0 Å². The molecule has 0 bridgehead atoms. The molecule has 1 aliphatic heterocycles. The van der Waals surface area contributed by atoms with Crippen LogP contribution in [0.15, 0.2) is 48.8 Å². The van der Waals surface area contributed by atoms with Crippen LogP contribution in [0.25, 0.3) is 22.2 Å². The zero-order valence-electron chi connectivity index (χ0n) is 15.8. The first-order chi connectivity index (χ1) is 12.6. The monoisotopic (exact) mass is 349 g/mol. The first kappa shape index (κ1) is 17.1. The van der Waals surface area contributed by atoms with Crippen LogP contribution in [0.5, 0.6) is 5.75 Å². The third kappa shape index (κ3) is 3.34. The molecule has 4 heteroatoms. The standard InChI is InChI=1S/C22H27N3O/c1-4-18-13-20(11-15(2)25(18)3)26-19-6-8-22(24-14-19)16-5-7-21-17(12-16)9-10-23-21/h5-10,12,14-15,18,20,23H,4,11,13H2,1-3H3/t15?,18?,20-/m0/s1. The Labute approximate surface area is 155 Å². The number of rotatable bonds is 4. The Morgan fingerprint density at radius 1 is 1.19 bits per heavy atom. The number of aromatic amines is 1. The molecule has 26 heavy (non-hydrogen) atoms. The van der Waals surface area contributed by atoms with Crippen molar-refractivity contribution in [2.24, 2.45) is 0 Å². The summed E-state index contributed by atoms with van der Waals surface area (Å²) in [7, 11) is 2.23. The van der Waals surface area contributed by atoms with E-state index in [1.165, 1.54) is 11.8 Å². The fourth-order valence-corrected chi connectivity index (χ4v) is 4.05. The highest BCUT2D eigenvalue weighted by atomic mass is 16.5. The molecule has 3 atom stereocenters. The van der Waals surface area contributed by atoms with Gasteiger partial charge in [0.25, 0.3) is 0 Å². The van der Waals surface area contributed by atoms with Crippen molar-refractivity contribution < 1.29 is 4.74 Å². The number of aromatic nitrogens is 2. The predicted molar refractivity (Wildman–Crippen MR) is 106 cm³/mol. The number of benzene rings is 1. The number of piperidine rings is 1. The highest BCUT2D eigenvalue weighted by Crippen LogP contribution is 2.28. The Kier molecular flexibility index (Phi) is 4.68. The lowest BCUT2D eigenvalue weighted by molar-refractivity contribution is 0.0342. The van der Waals surface area contributed by atoms with Gasteiger partial charge in [0.15, 0.2) is 0 Å². The number of hydrogen-bond donors (Lipinski definition) is 1. The van der Waals surface area contributed by atoms with Crippen LogP contribution >= 0.6 is 0 Å². The Morgan fingerprint density at radius 3 is 2.85 bits per heavy atom. The minimum Gasteiger partial charge on any atom is -0.489 e. The highest BCUT2D eigenvalue weighted by molar-refractivity contribution is 5.84. The minimum absolute atomic E-state index is 0.273. The average Bonchev–Trinajstić information content (AvgIpc) is 3.13. The normalized spacial score (nSPS) is 24.0. The zero-order chi connectivity index (χ0) is 18.1. The molecule has 4 nitrogen and oxygen atoms in total. The maximum Gasteiger partial charge on any atom is 0.138 e. The molecule has 3 heterocycles. The molecule has 136 valence electrons. The highest BCUT2D eigenvalue weighted by Gasteiger charge is 2.31. The van der Waals surface area contributed by atoms with Crippen molar-refractivity contribution in [3.63, 3.8) is 0 Å². The predicted octanol–water partition coefficient (Wildman–Crippen LogP) is 4.87. The third-order valence-corrected chi connectivity index (χ3v) is 5.77. The van der Waals surface area contributed by atoms with Crippen LogP contribution in [0.4, 0.5) is 0 Å². The van der Waals surface area contributed by atoms with Crippen molar-refractivity contribution in [1.29, 1.82) is 0 Å². The van der Waals surface area contributed by atoms with Crippen LogP contribution in [-0.4, -0.2) is 40.1 Å². The topological polar surface area (TPSA) is 41.1 Å². The molecule has 1 aliphatic rings. The van der Waals surface area contributed by atoms with Crippen LogP contribution in [0, 0.1) is 0 Å². The second-order valence-corrected chi connectivity index (χ2v) is 7.45. The van der Waals surface area contributed by atoms with Gasteiger partial charge in [0.1, 0.15) is 11.9 Å². The molecule has 3 aromatic rings. The molecule has 2 aromatic heterocycles. The first-order valence-electron chi connectivity index (χ1n) is 9.56. The van der Waals surface area contributed by atoms with Gasteiger partial charge in [-0.3, -0.25) is 4.98 Å². The van der Waals surface area contributed by atoms with Gasteiger partial charge < -0.3 is 14.6 Å². The van der Waals surface area contributed by atoms with E-state index in [1.54, 1.807) is 0 Å². The summed E-state index contributed by atoms with van der Waals surface area (Å²) in [4.78, 5) is 10.3. The van der Waals surface area contributed by atoms with E-state index in [1.807, 2.05) is 18.5 Å². The quantitative estimate of drug-likeness (QED) is 0.730. The van der Waals surface area contributed by atoms with Crippen molar-refractivity contribution in [3.8, 4) is 17.0 Å². The van der Waals surface area contributed by atoms with E-state index < -0.39 is 0 Å². The Balaban J connectivity index is 1.47. The van der Waals surface area contributed by atoms with Crippen molar-refractivity contribution in [2.45, 2.75) is 51.3 Å². The van der Waals surface area contributed by atoms with E-state index in [0.29, 0.717) is 12.1 Å². The molecule has 0 amide bonds. The van der Waals surface area contributed by atoms with Crippen molar-refractivity contribution in [3.05, 3.63) is 48.8 Å². The van der Waals surface area contributed by atoms with Crippen LogP contribution in [0.2, 0.25) is 0 Å². The summed E-state index contributed by atoms with van der Waals surface area (Å²) in [5.74, 6) is 0.869. The number of fused-ring (bicyclic) bond motifs is 1. The fraction of sp³-hybridized carbons (Fsp3) is 0.409. The molecule has 0 radical (unpaired) electrons. The van der Waals surface area contributed by atoms with Crippen LogP contribution in [0.1, 0.15) is 33.1 Å². The number of pyridine rings is 1. The zero-order valence-corrected chi connectivity index (χ0v) is 15.8. The van der Waals surface area contributed by atoms with E-state index in [2.05, 4.69) is 66.1 Å². The smallest absolute Gasteiger partial charge is 0.138 e. The summed E-state index contributed by atoms with van der Waals surface area (Å²) in [5, 5.41) is 1.20. The molecule has 1 saturated heterocycles. The second kappa shape index (κ2) is 7.12. The molecular weight excluding hydrogens is 322 g/mol. The van der Waals surface area contributed by atoms with Crippen molar-refractivity contribution >= 4 is 10.9 Å².